The molecule has 3 nitrogen and oxygen atoms in total. The molecule has 1 aromatic rings. The molecule has 0 aliphatic heterocycles. The maximum atomic E-state index is 7.26. The highest BCUT2D eigenvalue weighted by molar-refractivity contribution is 5.79. The molecule has 98 valence electrons. The maximum absolute atomic E-state index is 7.26. The van der Waals surface area contributed by atoms with Crippen LogP contribution < -0.4 is 10.5 Å². The van der Waals surface area contributed by atoms with Crippen molar-refractivity contribution >= 4 is 5.84 Å². The maximum Gasteiger partial charge on any atom is 0.119 e. The Morgan fingerprint density at radius 2 is 1.72 bits per heavy atom. The van der Waals surface area contributed by atoms with Crippen LogP contribution >= 0.6 is 0 Å². The van der Waals surface area contributed by atoms with Crippen LogP contribution in [0, 0.1) is 5.41 Å². The molecule has 0 spiro atoms. The highest BCUT2D eigenvalue weighted by atomic mass is 16.5. The summed E-state index contributed by atoms with van der Waals surface area (Å²) in [6.45, 7) is 0. The average molecular weight is 246 g/mol. The number of nitrogens with one attached hydrogen (secondary N) is 1. The molecule has 1 aromatic carbocycles. The van der Waals surface area contributed by atoms with E-state index in [1.165, 1.54) is 38.5 Å². The van der Waals surface area contributed by atoms with Gasteiger partial charge in [-0.25, -0.2) is 0 Å². The molecule has 0 amide bonds. The summed E-state index contributed by atoms with van der Waals surface area (Å²) in [6, 6.07) is 7.97. The van der Waals surface area contributed by atoms with E-state index in [1.807, 2.05) is 24.3 Å². The normalized spacial score (nSPS) is 17.1. The van der Waals surface area contributed by atoms with Gasteiger partial charge in [-0.2, -0.15) is 0 Å². The summed E-state index contributed by atoms with van der Waals surface area (Å²) < 4.78 is 6.01. The largest absolute Gasteiger partial charge is 0.490 e. The summed E-state index contributed by atoms with van der Waals surface area (Å²) in [6.07, 6.45) is 8.51. The molecule has 1 saturated carbocycles. The number of ether oxygens (including phenoxy) is 1. The molecule has 0 aromatic heterocycles. The second-order valence-electron chi connectivity index (χ2n) is 5.08. The summed E-state index contributed by atoms with van der Waals surface area (Å²) in [5, 5.41) is 7.26. The number of hydrogen-bond donors (Lipinski definition) is 2. The van der Waals surface area contributed by atoms with Gasteiger partial charge < -0.3 is 10.5 Å². The third-order valence-corrected chi connectivity index (χ3v) is 3.42. The van der Waals surface area contributed by atoms with Crippen LogP contribution in [0.5, 0.6) is 5.75 Å². The Kier molecular flexibility index (Phi) is 4.62. The Morgan fingerprint density at radius 1 is 1.11 bits per heavy atom. The van der Waals surface area contributed by atoms with E-state index in [1.54, 1.807) is 0 Å². The predicted molar refractivity (Wildman–Crippen MR) is 74.2 cm³/mol. The molecule has 18 heavy (non-hydrogen) atoms. The van der Waals surface area contributed by atoms with Gasteiger partial charge in [-0.1, -0.05) is 25.0 Å². The standard InChI is InChI=1S/C15H22N2O/c16-15(17)11-12-7-9-14(10-8-12)18-13-5-3-1-2-4-6-13/h7-10,13H,1-6,11H2,(H3,16,17). The van der Waals surface area contributed by atoms with Crippen LogP contribution in [0.15, 0.2) is 24.3 Å². The molecule has 0 atom stereocenters. The smallest absolute Gasteiger partial charge is 0.119 e. The summed E-state index contributed by atoms with van der Waals surface area (Å²) in [5.41, 5.74) is 6.45. The van der Waals surface area contributed by atoms with Crippen molar-refractivity contribution in [3.63, 3.8) is 0 Å². The number of amidine groups is 1. The average Bonchev–Trinajstić information content (AvgIpc) is 2.60. The first-order valence-electron chi connectivity index (χ1n) is 6.82. The molecule has 1 aliphatic rings. The molecule has 1 aliphatic carbocycles. The molecule has 3 N–H and O–H groups in total. The minimum absolute atomic E-state index is 0.201. The number of hydrogen-bond acceptors (Lipinski definition) is 2. The second kappa shape index (κ2) is 6.43. The van der Waals surface area contributed by atoms with Gasteiger partial charge in [0, 0.05) is 6.42 Å². The highest BCUT2D eigenvalue weighted by Gasteiger charge is 2.13. The monoisotopic (exact) mass is 246 g/mol. The van der Waals surface area contributed by atoms with Gasteiger partial charge in [0.25, 0.3) is 0 Å². The van der Waals surface area contributed by atoms with Crippen LogP contribution in [0.4, 0.5) is 0 Å². The molecular formula is C15H22N2O. The molecule has 0 unspecified atom stereocenters. The van der Waals surface area contributed by atoms with E-state index in [2.05, 4.69) is 0 Å². The first kappa shape index (κ1) is 12.9. The van der Waals surface area contributed by atoms with E-state index in [9.17, 15) is 0 Å². The first-order valence-corrected chi connectivity index (χ1v) is 6.82. The zero-order valence-corrected chi connectivity index (χ0v) is 10.8. The van der Waals surface area contributed by atoms with Crippen LogP contribution in [-0.4, -0.2) is 11.9 Å². The number of nitrogens with two attached hydrogens (primary N) is 1. The molecule has 0 saturated heterocycles. The second-order valence-corrected chi connectivity index (χ2v) is 5.08. The lowest BCUT2D eigenvalue weighted by atomic mass is 10.1. The minimum Gasteiger partial charge on any atom is -0.490 e. The summed E-state index contributed by atoms with van der Waals surface area (Å²) >= 11 is 0. The van der Waals surface area contributed by atoms with E-state index >= 15 is 0 Å². The van der Waals surface area contributed by atoms with Gasteiger partial charge in [-0.3, -0.25) is 5.41 Å². The van der Waals surface area contributed by atoms with Gasteiger partial charge in [0.15, 0.2) is 0 Å². The lowest BCUT2D eigenvalue weighted by molar-refractivity contribution is 0.183. The van der Waals surface area contributed by atoms with Gasteiger partial charge in [0.05, 0.1) is 11.9 Å². The van der Waals surface area contributed by atoms with Crippen molar-refractivity contribution in [3.8, 4) is 5.75 Å². The van der Waals surface area contributed by atoms with Crippen LogP contribution in [0.1, 0.15) is 44.1 Å². The van der Waals surface area contributed by atoms with Gasteiger partial charge in [0.2, 0.25) is 0 Å². The molecule has 2 rings (SSSR count). The fraction of sp³-hybridized carbons (Fsp3) is 0.533. The number of benzene rings is 1. The van der Waals surface area contributed by atoms with Crippen molar-refractivity contribution in [1.82, 2.24) is 0 Å². The molecule has 1 fully saturated rings. The topological polar surface area (TPSA) is 59.1 Å². The summed E-state index contributed by atoms with van der Waals surface area (Å²) in [4.78, 5) is 0. The van der Waals surface area contributed by atoms with Crippen molar-refractivity contribution < 1.29 is 4.74 Å². The SMILES string of the molecule is N=C(N)Cc1ccc(OC2CCCCCC2)cc1. The lowest BCUT2D eigenvalue weighted by Crippen LogP contribution is -2.15. The van der Waals surface area contributed by atoms with E-state index in [-0.39, 0.29) is 5.84 Å². The number of rotatable bonds is 4. The third kappa shape index (κ3) is 4.06. The van der Waals surface area contributed by atoms with E-state index in [4.69, 9.17) is 15.9 Å². The van der Waals surface area contributed by atoms with Gasteiger partial charge >= 0.3 is 0 Å². The highest BCUT2D eigenvalue weighted by Crippen LogP contribution is 2.23. The zero-order chi connectivity index (χ0) is 12.8. The van der Waals surface area contributed by atoms with Crippen LogP contribution in [0.3, 0.4) is 0 Å². The molecule has 0 bridgehead atoms. The quantitative estimate of drug-likeness (QED) is 0.486. The van der Waals surface area contributed by atoms with Crippen molar-refractivity contribution in [2.45, 2.75) is 51.0 Å². The predicted octanol–water partition coefficient (Wildman–Crippen LogP) is 3.27. The Labute approximate surface area is 109 Å². The minimum atomic E-state index is 0.201. The molecule has 0 radical (unpaired) electrons. The first-order chi connectivity index (χ1) is 8.74. The Bertz CT molecular complexity index is 378. The fourth-order valence-electron chi connectivity index (χ4n) is 2.46. The van der Waals surface area contributed by atoms with Gasteiger partial charge in [-0.15, -0.1) is 0 Å². The lowest BCUT2D eigenvalue weighted by Gasteiger charge is -2.17. The van der Waals surface area contributed by atoms with E-state index in [0.717, 1.165) is 11.3 Å². The third-order valence-electron chi connectivity index (χ3n) is 3.42. The van der Waals surface area contributed by atoms with Crippen molar-refractivity contribution in [2.24, 2.45) is 5.73 Å². The Balaban J connectivity index is 1.90. The Morgan fingerprint density at radius 3 is 2.28 bits per heavy atom. The molecule has 3 heteroatoms. The van der Waals surface area contributed by atoms with E-state index < -0.39 is 0 Å². The van der Waals surface area contributed by atoms with Crippen molar-refractivity contribution in [1.29, 1.82) is 5.41 Å². The zero-order valence-electron chi connectivity index (χ0n) is 10.8. The van der Waals surface area contributed by atoms with E-state index in [0.29, 0.717) is 12.5 Å². The van der Waals surface area contributed by atoms with Crippen LogP contribution in [0.2, 0.25) is 0 Å². The van der Waals surface area contributed by atoms with Crippen molar-refractivity contribution in [3.05, 3.63) is 29.8 Å². The van der Waals surface area contributed by atoms with Gasteiger partial charge in [-0.05, 0) is 43.4 Å². The summed E-state index contributed by atoms with van der Waals surface area (Å²) in [5.74, 6) is 1.14. The molecular weight excluding hydrogens is 224 g/mol. The van der Waals surface area contributed by atoms with Crippen molar-refractivity contribution in [2.75, 3.05) is 0 Å². The Hall–Kier alpha value is -1.51. The molecule has 0 heterocycles. The van der Waals surface area contributed by atoms with Crippen LogP contribution in [0.25, 0.3) is 0 Å². The van der Waals surface area contributed by atoms with Crippen LogP contribution in [-0.2, 0) is 6.42 Å². The fourth-order valence-corrected chi connectivity index (χ4v) is 2.46. The summed E-state index contributed by atoms with van der Waals surface area (Å²) in [7, 11) is 0. The van der Waals surface area contributed by atoms with Gasteiger partial charge in [0.1, 0.15) is 5.75 Å².